The van der Waals surface area contributed by atoms with Crippen LogP contribution in [0.1, 0.15) is 12.0 Å². The molecule has 0 spiro atoms. The van der Waals surface area contributed by atoms with E-state index in [0.29, 0.717) is 5.70 Å². The molecule has 0 fully saturated rings. The Balaban J connectivity index is 2.43. The van der Waals surface area contributed by atoms with E-state index in [-0.39, 0.29) is 0 Å². The first-order chi connectivity index (χ1) is 7.58. The molecule has 2 nitrogen and oxygen atoms in total. The maximum Gasteiger partial charge on any atom is 0.0314 e. The van der Waals surface area contributed by atoms with Crippen molar-refractivity contribution in [2.24, 2.45) is 5.73 Å². The van der Waals surface area contributed by atoms with Gasteiger partial charge in [0.05, 0.1) is 0 Å². The molecule has 1 aromatic carbocycles. The molecule has 1 rings (SSSR count). The Morgan fingerprint density at radius 2 is 1.75 bits per heavy atom. The summed E-state index contributed by atoms with van der Waals surface area (Å²) < 4.78 is 0. The smallest absolute Gasteiger partial charge is 0.0314 e. The Morgan fingerprint density at radius 3 is 2.31 bits per heavy atom. The zero-order valence-electron chi connectivity index (χ0n) is 9.45. The van der Waals surface area contributed by atoms with Gasteiger partial charge in [0, 0.05) is 11.4 Å². The van der Waals surface area contributed by atoms with Gasteiger partial charge >= 0.3 is 0 Å². The van der Waals surface area contributed by atoms with E-state index in [1.54, 1.807) is 6.08 Å². The number of nitrogen functional groups attached to an aromatic ring is 1. The average Bonchev–Trinajstić information content (AvgIpc) is 2.25. The van der Waals surface area contributed by atoms with Crippen LogP contribution >= 0.6 is 0 Å². The summed E-state index contributed by atoms with van der Waals surface area (Å²) in [6.07, 6.45) is 5.54. The van der Waals surface area contributed by atoms with Gasteiger partial charge in [-0.1, -0.05) is 36.9 Å². The second-order valence-electron chi connectivity index (χ2n) is 3.81. The van der Waals surface area contributed by atoms with E-state index < -0.39 is 0 Å². The molecular formula is C14H18N2. The number of hydrogen-bond donors (Lipinski definition) is 2. The molecule has 0 aromatic heterocycles. The summed E-state index contributed by atoms with van der Waals surface area (Å²) in [5.41, 5.74) is 14.7. The highest BCUT2D eigenvalue weighted by Crippen LogP contribution is 2.11. The van der Waals surface area contributed by atoms with Crippen molar-refractivity contribution in [3.8, 4) is 0 Å². The second-order valence-corrected chi connectivity index (χ2v) is 3.81. The van der Waals surface area contributed by atoms with Crippen molar-refractivity contribution in [1.29, 1.82) is 0 Å². The normalized spacial score (nSPS) is 10.5. The Hall–Kier alpha value is -1.96. The molecule has 0 radical (unpaired) electrons. The number of allylic oxidation sites excluding steroid dienone is 3. The molecule has 84 valence electrons. The number of rotatable bonds is 5. The third kappa shape index (κ3) is 4.51. The summed E-state index contributed by atoms with van der Waals surface area (Å²) in [5, 5.41) is 0. The van der Waals surface area contributed by atoms with Crippen molar-refractivity contribution >= 4 is 5.69 Å². The second kappa shape index (κ2) is 5.81. The molecule has 0 saturated heterocycles. The van der Waals surface area contributed by atoms with Crippen molar-refractivity contribution in [3.05, 3.63) is 66.4 Å². The fourth-order valence-electron chi connectivity index (χ4n) is 1.30. The lowest BCUT2D eigenvalue weighted by Gasteiger charge is -2.02. The minimum Gasteiger partial charge on any atom is -0.399 e. The molecule has 0 aliphatic carbocycles. The molecule has 4 N–H and O–H groups in total. The van der Waals surface area contributed by atoms with Crippen LogP contribution in [0.25, 0.3) is 0 Å². The van der Waals surface area contributed by atoms with Gasteiger partial charge in [0.2, 0.25) is 0 Å². The van der Waals surface area contributed by atoms with E-state index in [9.17, 15) is 0 Å². The third-order valence-electron chi connectivity index (χ3n) is 2.25. The monoisotopic (exact) mass is 214 g/mol. The largest absolute Gasteiger partial charge is 0.399 e. The third-order valence-corrected chi connectivity index (χ3v) is 2.25. The summed E-state index contributed by atoms with van der Waals surface area (Å²) in [7, 11) is 0. The van der Waals surface area contributed by atoms with Crippen molar-refractivity contribution in [2.45, 2.75) is 12.8 Å². The number of anilines is 1. The molecule has 0 unspecified atom stereocenters. The Kier molecular flexibility index (Phi) is 4.40. The lowest BCUT2D eigenvalue weighted by atomic mass is 10.0. The van der Waals surface area contributed by atoms with E-state index in [4.69, 9.17) is 11.5 Å². The molecule has 0 bridgehead atoms. The molecule has 16 heavy (non-hydrogen) atoms. The lowest BCUT2D eigenvalue weighted by Crippen LogP contribution is -1.91. The van der Waals surface area contributed by atoms with Gasteiger partial charge in [0.25, 0.3) is 0 Å². The van der Waals surface area contributed by atoms with Crippen LogP contribution in [-0.2, 0) is 6.42 Å². The van der Waals surface area contributed by atoms with Gasteiger partial charge in [-0.15, -0.1) is 0 Å². The molecule has 0 amide bonds. The van der Waals surface area contributed by atoms with Crippen LogP contribution in [0.3, 0.4) is 0 Å². The maximum absolute atomic E-state index is 5.61. The summed E-state index contributed by atoms with van der Waals surface area (Å²) in [6.45, 7) is 7.54. The quantitative estimate of drug-likeness (QED) is 0.585. The standard InChI is InChI=1S/C14H18N2/c1-11(3-5-12(2)15)4-6-13-7-9-14(16)10-8-13/h3,5,7-10H,1-2,4,6,15-16H2/b5-3-. The molecule has 0 aliphatic heterocycles. The fraction of sp³-hybridized carbons (Fsp3) is 0.143. The molecule has 0 aliphatic rings. The van der Waals surface area contributed by atoms with Crippen LogP contribution in [0, 0.1) is 0 Å². The predicted molar refractivity (Wildman–Crippen MR) is 70.8 cm³/mol. The Labute approximate surface area is 97.0 Å². The Morgan fingerprint density at radius 1 is 1.12 bits per heavy atom. The van der Waals surface area contributed by atoms with E-state index in [0.717, 1.165) is 24.1 Å². The Bertz CT molecular complexity index is 399. The molecule has 0 saturated carbocycles. The van der Waals surface area contributed by atoms with Gasteiger partial charge in [-0.2, -0.15) is 0 Å². The van der Waals surface area contributed by atoms with Crippen molar-refractivity contribution in [1.82, 2.24) is 0 Å². The highest BCUT2D eigenvalue weighted by Gasteiger charge is 1.94. The fourth-order valence-corrected chi connectivity index (χ4v) is 1.30. The predicted octanol–water partition coefficient (Wildman–Crippen LogP) is 2.79. The van der Waals surface area contributed by atoms with Gasteiger partial charge in [-0.25, -0.2) is 0 Å². The summed E-state index contributed by atoms with van der Waals surface area (Å²) in [6, 6.07) is 7.90. The highest BCUT2D eigenvalue weighted by molar-refractivity contribution is 5.39. The number of aryl methyl sites for hydroxylation is 1. The van der Waals surface area contributed by atoms with Crippen LogP contribution in [0.4, 0.5) is 5.69 Å². The highest BCUT2D eigenvalue weighted by atomic mass is 14.5. The minimum atomic E-state index is 0.550. The van der Waals surface area contributed by atoms with Gasteiger partial charge < -0.3 is 11.5 Å². The van der Waals surface area contributed by atoms with Crippen LogP contribution in [0.2, 0.25) is 0 Å². The summed E-state index contributed by atoms with van der Waals surface area (Å²) >= 11 is 0. The van der Waals surface area contributed by atoms with Crippen LogP contribution in [0.15, 0.2) is 60.8 Å². The van der Waals surface area contributed by atoms with E-state index in [2.05, 4.69) is 13.2 Å². The van der Waals surface area contributed by atoms with E-state index >= 15 is 0 Å². The van der Waals surface area contributed by atoms with Gasteiger partial charge in [0.1, 0.15) is 0 Å². The number of benzene rings is 1. The number of hydrogen-bond acceptors (Lipinski definition) is 2. The zero-order chi connectivity index (χ0) is 12.0. The van der Waals surface area contributed by atoms with Gasteiger partial charge in [-0.3, -0.25) is 0 Å². The maximum atomic E-state index is 5.61. The van der Waals surface area contributed by atoms with Crippen LogP contribution < -0.4 is 11.5 Å². The molecule has 2 heteroatoms. The van der Waals surface area contributed by atoms with Crippen molar-refractivity contribution in [3.63, 3.8) is 0 Å². The topological polar surface area (TPSA) is 52.0 Å². The van der Waals surface area contributed by atoms with E-state index in [1.165, 1.54) is 5.56 Å². The van der Waals surface area contributed by atoms with Gasteiger partial charge in [0.15, 0.2) is 0 Å². The van der Waals surface area contributed by atoms with Crippen LogP contribution in [-0.4, -0.2) is 0 Å². The molecule has 1 aromatic rings. The first-order valence-corrected chi connectivity index (χ1v) is 5.22. The molecular weight excluding hydrogens is 196 g/mol. The first-order valence-electron chi connectivity index (χ1n) is 5.22. The molecule has 0 atom stereocenters. The van der Waals surface area contributed by atoms with Gasteiger partial charge in [-0.05, 0) is 36.6 Å². The lowest BCUT2D eigenvalue weighted by molar-refractivity contribution is 0.969. The average molecular weight is 214 g/mol. The van der Waals surface area contributed by atoms with E-state index in [1.807, 2.05) is 30.3 Å². The molecule has 0 heterocycles. The van der Waals surface area contributed by atoms with Crippen molar-refractivity contribution < 1.29 is 0 Å². The first kappa shape index (κ1) is 12.1. The SMILES string of the molecule is C=C(N)/C=C\C(=C)CCc1ccc(N)cc1. The summed E-state index contributed by atoms with van der Waals surface area (Å²) in [4.78, 5) is 0. The summed E-state index contributed by atoms with van der Waals surface area (Å²) in [5.74, 6) is 0. The number of nitrogens with two attached hydrogens (primary N) is 2. The van der Waals surface area contributed by atoms with Crippen LogP contribution in [0.5, 0.6) is 0 Å². The zero-order valence-corrected chi connectivity index (χ0v) is 9.45. The van der Waals surface area contributed by atoms with Crippen molar-refractivity contribution in [2.75, 3.05) is 5.73 Å². The minimum absolute atomic E-state index is 0.550.